The Balaban J connectivity index is 1.28. The lowest BCUT2D eigenvalue weighted by molar-refractivity contribution is 0.0827. The smallest absolute Gasteiger partial charge is 0.321 e. The second-order valence-corrected chi connectivity index (χ2v) is 13.1. The van der Waals surface area contributed by atoms with Gasteiger partial charge in [-0.05, 0) is 76.3 Å². The molecular formula is C34H45FN8O3. The summed E-state index contributed by atoms with van der Waals surface area (Å²) in [6.07, 6.45) is 0.878. The lowest BCUT2D eigenvalue weighted by Crippen LogP contribution is -2.37. The lowest BCUT2D eigenvalue weighted by Gasteiger charge is -2.34. The quantitative estimate of drug-likeness (QED) is 0.378. The summed E-state index contributed by atoms with van der Waals surface area (Å²) in [4.78, 5) is 46.2. The molecule has 12 heteroatoms. The number of hydrogen-bond acceptors (Lipinski definition) is 6. The zero-order valence-corrected chi connectivity index (χ0v) is 27.8. The van der Waals surface area contributed by atoms with Gasteiger partial charge in [0.15, 0.2) is 5.69 Å². The molecule has 5 rings (SSSR count). The number of urea groups is 1. The number of carbonyl (C=O) groups is 3. The van der Waals surface area contributed by atoms with Crippen LogP contribution in [-0.4, -0.2) is 96.2 Å². The first-order valence-corrected chi connectivity index (χ1v) is 15.8. The first kappa shape index (κ1) is 32.9. The van der Waals surface area contributed by atoms with Crippen molar-refractivity contribution in [2.45, 2.75) is 58.3 Å². The molecule has 46 heavy (non-hydrogen) atoms. The first-order valence-electron chi connectivity index (χ1n) is 15.8. The highest BCUT2D eigenvalue weighted by Gasteiger charge is 2.33. The van der Waals surface area contributed by atoms with Crippen LogP contribution in [0, 0.1) is 5.82 Å². The molecule has 3 aromatic rings. The molecule has 1 fully saturated rings. The summed E-state index contributed by atoms with van der Waals surface area (Å²) >= 11 is 0. The van der Waals surface area contributed by atoms with Gasteiger partial charge in [0.2, 0.25) is 0 Å². The van der Waals surface area contributed by atoms with Gasteiger partial charge in [-0.2, -0.15) is 5.10 Å². The van der Waals surface area contributed by atoms with Crippen molar-refractivity contribution < 1.29 is 18.8 Å². The summed E-state index contributed by atoms with van der Waals surface area (Å²) in [5, 5.41) is 10.4. The topological polar surface area (TPSA) is 106 Å². The van der Waals surface area contributed by atoms with Crippen molar-refractivity contribution in [3.63, 3.8) is 0 Å². The number of likely N-dealkylation sites (tertiary alicyclic amines) is 1. The summed E-state index contributed by atoms with van der Waals surface area (Å²) < 4.78 is 17.0. The van der Waals surface area contributed by atoms with Crippen molar-refractivity contribution in [1.82, 2.24) is 29.8 Å². The van der Waals surface area contributed by atoms with Crippen molar-refractivity contribution >= 4 is 29.2 Å². The van der Waals surface area contributed by atoms with Gasteiger partial charge in [-0.15, -0.1) is 0 Å². The molecule has 1 aromatic heterocycles. The Morgan fingerprint density at radius 3 is 2.37 bits per heavy atom. The maximum Gasteiger partial charge on any atom is 0.321 e. The number of anilines is 2. The van der Waals surface area contributed by atoms with Crippen LogP contribution in [0.4, 0.5) is 20.6 Å². The van der Waals surface area contributed by atoms with Gasteiger partial charge in [-0.25, -0.2) is 9.18 Å². The van der Waals surface area contributed by atoms with Gasteiger partial charge in [0.05, 0.1) is 5.69 Å². The van der Waals surface area contributed by atoms with E-state index < -0.39 is 5.82 Å². The molecule has 1 saturated heterocycles. The summed E-state index contributed by atoms with van der Waals surface area (Å²) in [7, 11) is 7.43. The molecule has 2 aliphatic heterocycles. The van der Waals surface area contributed by atoms with Gasteiger partial charge < -0.3 is 30.2 Å². The Morgan fingerprint density at radius 1 is 1.04 bits per heavy atom. The first-order chi connectivity index (χ1) is 21.8. The molecule has 2 N–H and O–H groups in total. The number of aromatic nitrogens is 2. The zero-order chi connectivity index (χ0) is 33.3. The molecule has 0 spiro atoms. The molecule has 0 saturated carbocycles. The molecule has 4 amide bonds. The van der Waals surface area contributed by atoms with E-state index in [-0.39, 0.29) is 48.1 Å². The number of fused-ring (bicyclic) bond motifs is 1. The Labute approximate surface area is 270 Å². The standard InChI is InChI=1S/C34H45FN8O3/c1-21(2)43-31-22(3)18-42(25-11-9-24(10-12-25)33(45)40(6)7)20-27(31)30(38-43)32(44)36-17-23-8-13-29(28(35)16-23)37-34(46)41-15-14-26(19-41)39(4)5/h8-13,16,21-22,26H,14-15,17-20H2,1-7H3,(H,36,44)(H,37,46)/t22-,26+/m0/s1. The number of nitrogens with one attached hydrogen (secondary N) is 2. The highest BCUT2D eigenvalue weighted by atomic mass is 19.1. The fourth-order valence-electron chi connectivity index (χ4n) is 6.26. The van der Waals surface area contributed by atoms with Crippen LogP contribution in [0.15, 0.2) is 42.5 Å². The Hall–Kier alpha value is -4.45. The third-order valence-corrected chi connectivity index (χ3v) is 8.86. The Bertz CT molecular complexity index is 1600. The molecule has 0 unspecified atom stereocenters. The van der Waals surface area contributed by atoms with Crippen molar-refractivity contribution in [1.29, 1.82) is 0 Å². The molecule has 2 aliphatic rings. The predicted octanol–water partition coefficient (Wildman–Crippen LogP) is 4.53. The van der Waals surface area contributed by atoms with Crippen LogP contribution in [0.2, 0.25) is 0 Å². The minimum absolute atomic E-state index is 0.0577. The maximum absolute atomic E-state index is 15.0. The van der Waals surface area contributed by atoms with Crippen molar-refractivity contribution in [3.8, 4) is 0 Å². The van der Waals surface area contributed by atoms with Gasteiger partial charge in [-0.1, -0.05) is 13.0 Å². The SMILES string of the molecule is CC(C)n1nc(C(=O)NCc2ccc(NC(=O)N3CC[C@@H](N(C)C)C3)c(F)c2)c2c1[C@@H](C)CN(c1ccc(C(=O)N(C)C)cc1)C2. The summed E-state index contributed by atoms with van der Waals surface area (Å²) in [6.45, 7) is 8.77. The van der Waals surface area contributed by atoms with Gasteiger partial charge >= 0.3 is 6.03 Å². The summed E-state index contributed by atoms with van der Waals surface area (Å²) in [5.41, 5.74) is 4.50. The van der Waals surface area contributed by atoms with Crippen LogP contribution in [0.5, 0.6) is 0 Å². The molecule has 11 nitrogen and oxygen atoms in total. The maximum atomic E-state index is 15.0. The van der Waals surface area contributed by atoms with Gasteiger partial charge in [0.1, 0.15) is 5.82 Å². The second kappa shape index (κ2) is 13.5. The third-order valence-electron chi connectivity index (χ3n) is 8.86. The van der Waals surface area contributed by atoms with E-state index in [1.807, 2.05) is 56.9 Å². The van der Waals surface area contributed by atoms with E-state index in [0.717, 1.165) is 29.9 Å². The zero-order valence-electron chi connectivity index (χ0n) is 27.8. The molecule has 0 bridgehead atoms. The van der Waals surface area contributed by atoms with E-state index in [1.54, 1.807) is 30.0 Å². The van der Waals surface area contributed by atoms with Gasteiger partial charge in [0, 0.05) is 87.3 Å². The highest BCUT2D eigenvalue weighted by Crippen LogP contribution is 2.35. The molecule has 246 valence electrons. The van der Waals surface area contributed by atoms with Crippen LogP contribution in [0.1, 0.15) is 76.8 Å². The number of carbonyl (C=O) groups excluding carboxylic acids is 3. The summed E-state index contributed by atoms with van der Waals surface area (Å²) in [5.74, 6) is -0.848. The normalized spacial score (nSPS) is 17.8. The highest BCUT2D eigenvalue weighted by molar-refractivity contribution is 5.95. The third kappa shape index (κ3) is 6.86. The van der Waals surface area contributed by atoms with Crippen molar-refractivity contribution in [3.05, 3.63) is 76.4 Å². The Morgan fingerprint density at radius 2 is 1.76 bits per heavy atom. The van der Waals surface area contributed by atoms with Crippen LogP contribution in [0.3, 0.4) is 0 Å². The van der Waals surface area contributed by atoms with Crippen LogP contribution < -0.4 is 15.5 Å². The second-order valence-electron chi connectivity index (χ2n) is 13.1. The number of benzene rings is 2. The monoisotopic (exact) mass is 632 g/mol. The molecule has 3 heterocycles. The van der Waals surface area contributed by atoms with Gasteiger partial charge in [0.25, 0.3) is 11.8 Å². The molecule has 0 aliphatic carbocycles. The van der Waals surface area contributed by atoms with Crippen LogP contribution in [-0.2, 0) is 13.1 Å². The minimum atomic E-state index is -0.562. The van der Waals surface area contributed by atoms with Crippen LogP contribution in [0.25, 0.3) is 0 Å². The summed E-state index contributed by atoms with van der Waals surface area (Å²) in [6, 6.07) is 12.1. The van der Waals surface area contributed by atoms with Crippen molar-refractivity contribution in [2.24, 2.45) is 0 Å². The van der Waals surface area contributed by atoms with E-state index >= 15 is 4.39 Å². The molecular weight excluding hydrogens is 587 g/mol. The number of nitrogens with zero attached hydrogens (tertiary/aromatic N) is 6. The number of hydrogen-bond donors (Lipinski definition) is 2. The van der Waals surface area contributed by atoms with E-state index in [2.05, 4.69) is 27.4 Å². The van der Waals surface area contributed by atoms with Crippen LogP contribution >= 0.6 is 0 Å². The van der Waals surface area contributed by atoms with E-state index in [0.29, 0.717) is 36.5 Å². The lowest BCUT2D eigenvalue weighted by atomic mass is 9.95. The fourth-order valence-corrected chi connectivity index (χ4v) is 6.26. The van der Waals surface area contributed by atoms with E-state index in [4.69, 9.17) is 5.10 Å². The fraction of sp³-hybridized carbons (Fsp3) is 0.471. The number of halogens is 1. The average Bonchev–Trinajstić information content (AvgIpc) is 3.67. The Kier molecular flexibility index (Phi) is 9.66. The average molecular weight is 633 g/mol. The molecule has 2 atom stereocenters. The van der Waals surface area contributed by atoms with E-state index in [1.165, 1.54) is 12.1 Å². The number of likely N-dealkylation sites (N-methyl/N-ethyl adjacent to an activating group) is 1. The minimum Gasteiger partial charge on any atom is -0.366 e. The number of rotatable bonds is 8. The molecule has 2 aromatic carbocycles. The van der Waals surface area contributed by atoms with Crippen molar-refractivity contribution in [2.75, 3.05) is 58.0 Å². The van der Waals surface area contributed by atoms with Gasteiger partial charge in [-0.3, -0.25) is 14.3 Å². The van der Waals surface area contributed by atoms with E-state index in [9.17, 15) is 14.4 Å². The number of amides is 4. The largest absolute Gasteiger partial charge is 0.366 e. The predicted molar refractivity (Wildman–Crippen MR) is 177 cm³/mol. The molecule has 0 radical (unpaired) electrons.